The number of amides is 1. The summed E-state index contributed by atoms with van der Waals surface area (Å²) in [5.41, 5.74) is 1.31. The van der Waals surface area contributed by atoms with Gasteiger partial charge in [0.25, 0.3) is 5.91 Å². The summed E-state index contributed by atoms with van der Waals surface area (Å²) in [5, 5.41) is 10.9. The molecule has 1 amide bonds. The van der Waals surface area contributed by atoms with Gasteiger partial charge in [-0.1, -0.05) is 0 Å². The first kappa shape index (κ1) is 14.1. The molecule has 1 aliphatic heterocycles. The van der Waals surface area contributed by atoms with Crippen LogP contribution in [-0.2, 0) is 0 Å². The van der Waals surface area contributed by atoms with Gasteiger partial charge in [0.05, 0.1) is 11.6 Å². The van der Waals surface area contributed by atoms with E-state index in [9.17, 15) is 14.3 Å². The highest BCUT2D eigenvalue weighted by atomic mass is 19.1. The average molecular weight is 290 g/mol. The number of H-pyrrole nitrogens is 1. The van der Waals surface area contributed by atoms with Gasteiger partial charge in [-0.25, -0.2) is 4.39 Å². The maximum absolute atomic E-state index is 13.3. The molecule has 1 aromatic carbocycles. The normalized spacial score (nSPS) is 21.2. The lowest BCUT2D eigenvalue weighted by Crippen LogP contribution is -2.48. The summed E-state index contributed by atoms with van der Waals surface area (Å²) in [4.78, 5) is 17.5. The monoisotopic (exact) mass is 290 g/mol. The lowest BCUT2D eigenvalue weighted by Gasteiger charge is -2.33. The molecule has 0 bridgehead atoms. The summed E-state index contributed by atoms with van der Waals surface area (Å²) in [6, 6.07) is 4.46. The fourth-order valence-electron chi connectivity index (χ4n) is 3.09. The fourth-order valence-corrected chi connectivity index (χ4v) is 3.09. The number of aromatic nitrogens is 1. The Morgan fingerprint density at radius 1 is 1.48 bits per heavy atom. The van der Waals surface area contributed by atoms with Crippen LogP contribution in [0.1, 0.15) is 36.3 Å². The van der Waals surface area contributed by atoms with Crippen molar-refractivity contribution in [3.8, 4) is 0 Å². The van der Waals surface area contributed by atoms with Crippen LogP contribution in [-0.4, -0.2) is 39.1 Å². The number of carbonyl (C=O) groups excluding carboxylic acids is 1. The smallest absolute Gasteiger partial charge is 0.271 e. The Hall–Kier alpha value is -1.88. The number of hydrogen-bond acceptors (Lipinski definition) is 2. The van der Waals surface area contributed by atoms with E-state index in [2.05, 4.69) is 4.98 Å². The SMILES string of the molecule is Cc1c(C(=O)N2CCC(O)C2(C)C)[nH]c2cc(F)ccc12. The molecule has 1 atom stereocenters. The molecule has 0 saturated carbocycles. The molecule has 1 unspecified atom stereocenters. The fraction of sp³-hybridized carbons (Fsp3) is 0.438. The lowest BCUT2D eigenvalue weighted by molar-refractivity contribution is 0.0390. The summed E-state index contributed by atoms with van der Waals surface area (Å²) >= 11 is 0. The number of halogens is 1. The van der Waals surface area contributed by atoms with Crippen molar-refractivity contribution in [3.63, 3.8) is 0 Å². The van der Waals surface area contributed by atoms with Crippen molar-refractivity contribution in [1.29, 1.82) is 0 Å². The number of hydrogen-bond donors (Lipinski definition) is 2. The molecule has 1 saturated heterocycles. The molecule has 3 rings (SSSR count). The zero-order chi connectivity index (χ0) is 15.4. The topological polar surface area (TPSA) is 56.3 Å². The molecule has 0 radical (unpaired) electrons. The predicted octanol–water partition coefficient (Wildman–Crippen LogP) is 2.60. The van der Waals surface area contributed by atoms with Crippen molar-refractivity contribution < 1.29 is 14.3 Å². The molecule has 2 N–H and O–H groups in total. The van der Waals surface area contributed by atoms with Gasteiger partial charge in [0.15, 0.2) is 0 Å². The number of nitrogens with one attached hydrogen (secondary N) is 1. The molecule has 2 heterocycles. The first-order valence-electron chi connectivity index (χ1n) is 7.10. The second-order valence-electron chi connectivity index (χ2n) is 6.23. The number of aliphatic hydroxyl groups is 1. The third-order valence-corrected chi connectivity index (χ3v) is 4.62. The summed E-state index contributed by atoms with van der Waals surface area (Å²) in [6.07, 6.45) is 0.0516. The molecule has 2 aromatic rings. The van der Waals surface area contributed by atoms with Crippen molar-refractivity contribution in [2.45, 2.75) is 38.8 Å². The molecule has 5 heteroatoms. The molecular weight excluding hydrogens is 271 g/mol. The summed E-state index contributed by atoms with van der Waals surface area (Å²) in [7, 11) is 0. The Labute approximate surface area is 122 Å². The van der Waals surface area contributed by atoms with E-state index in [-0.39, 0.29) is 11.7 Å². The molecule has 112 valence electrons. The Morgan fingerprint density at radius 2 is 2.19 bits per heavy atom. The maximum Gasteiger partial charge on any atom is 0.271 e. The van der Waals surface area contributed by atoms with Crippen LogP contribution in [0.2, 0.25) is 0 Å². The predicted molar refractivity (Wildman–Crippen MR) is 78.7 cm³/mol. The van der Waals surface area contributed by atoms with E-state index in [4.69, 9.17) is 0 Å². The van der Waals surface area contributed by atoms with Crippen LogP contribution in [0.4, 0.5) is 4.39 Å². The van der Waals surface area contributed by atoms with E-state index in [1.165, 1.54) is 12.1 Å². The second-order valence-corrected chi connectivity index (χ2v) is 6.23. The van der Waals surface area contributed by atoms with Crippen LogP contribution in [0.25, 0.3) is 10.9 Å². The van der Waals surface area contributed by atoms with E-state index in [0.29, 0.717) is 24.2 Å². The van der Waals surface area contributed by atoms with Gasteiger partial charge in [-0.2, -0.15) is 0 Å². The minimum Gasteiger partial charge on any atom is -0.391 e. The number of nitrogens with zero attached hydrogens (tertiary/aromatic N) is 1. The number of benzene rings is 1. The van der Waals surface area contributed by atoms with Crippen LogP contribution in [0.15, 0.2) is 18.2 Å². The minimum absolute atomic E-state index is 0.148. The highest BCUT2D eigenvalue weighted by Gasteiger charge is 2.43. The summed E-state index contributed by atoms with van der Waals surface area (Å²) in [6.45, 7) is 6.10. The van der Waals surface area contributed by atoms with Gasteiger partial charge in [0, 0.05) is 17.4 Å². The van der Waals surface area contributed by atoms with Crippen LogP contribution in [0.3, 0.4) is 0 Å². The van der Waals surface area contributed by atoms with Gasteiger partial charge in [0.2, 0.25) is 0 Å². The van der Waals surface area contributed by atoms with E-state index in [0.717, 1.165) is 10.9 Å². The van der Waals surface area contributed by atoms with Crippen LogP contribution in [0.5, 0.6) is 0 Å². The Bertz CT molecular complexity index is 720. The molecule has 1 aromatic heterocycles. The minimum atomic E-state index is -0.591. The lowest BCUT2D eigenvalue weighted by atomic mass is 9.98. The van der Waals surface area contributed by atoms with Gasteiger partial charge in [-0.15, -0.1) is 0 Å². The highest BCUT2D eigenvalue weighted by molar-refractivity contribution is 6.01. The molecule has 0 aliphatic carbocycles. The maximum atomic E-state index is 13.3. The molecule has 0 spiro atoms. The molecular formula is C16H19FN2O2. The second kappa shape index (κ2) is 4.56. The quantitative estimate of drug-likeness (QED) is 0.848. The highest BCUT2D eigenvalue weighted by Crippen LogP contribution is 2.32. The summed E-state index contributed by atoms with van der Waals surface area (Å²) in [5.74, 6) is -0.481. The van der Waals surface area contributed by atoms with E-state index in [1.807, 2.05) is 20.8 Å². The van der Waals surface area contributed by atoms with Crippen LogP contribution >= 0.6 is 0 Å². The third kappa shape index (κ3) is 2.03. The number of likely N-dealkylation sites (tertiary alicyclic amines) is 1. The van der Waals surface area contributed by atoms with Gasteiger partial charge in [0.1, 0.15) is 11.5 Å². The van der Waals surface area contributed by atoms with Crippen molar-refractivity contribution >= 4 is 16.8 Å². The zero-order valence-corrected chi connectivity index (χ0v) is 12.4. The largest absolute Gasteiger partial charge is 0.391 e. The van der Waals surface area contributed by atoms with Crippen molar-refractivity contribution in [2.24, 2.45) is 0 Å². The van der Waals surface area contributed by atoms with Gasteiger partial charge < -0.3 is 15.0 Å². The third-order valence-electron chi connectivity index (χ3n) is 4.62. The summed E-state index contributed by atoms with van der Waals surface area (Å²) < 4.78 is 13.3. The number of rotatable bonds is 1. The molecule has 1 aliphatic rings. The van der Waals surface area contributed by atoms with Crippen LogP contribution < -0.4 is 0 Å². The van der Waals surface area contributed by atoms with Crippen molar-refractivity contribution in [2.75, 3.05) is 6.54 Å². The van der Waals surface area contributed by atoms with Crippen molar-refractivity contribution in [1.82, 2.24) is 9.88 Å². The van der Waals surface area contributed by atoms with Crippen molar-refractivity contribution in [3.05, 3.63) is 35.3 Å². The Morgan fingerprint density at radius 3 is 2.81 bits per heavy atom. The number of fused-ring (bicyclic) bond motifs is 1. The van der Waals surface area contributed by atoms with Gasteiger partial charge >= 0.3 is 0 Å². The first-order chi connectivity index (χ1) is 9.82. The van der Waals surface area contributed by atoms with Gasteiger partial charge in [-0.05, 0) is 51.0 Å². The Balaban J connectivity index is 2.05. The van der Waals surface area contributed by atoms with E-state index >= 15 is 0 Å². The molecule has 4 nitrogen and oxygen atoms in total. The number of aliphatic hydroxyl groups excluding tert-OH is 1. The zero-order valence-electron chi connectivity index (χ0n) is 12.4. The van der Waals surface area contributed by atoms with Crippen LogP contribution in [0, 0.1) is 12.7 Å². The van der Waals surface area contributed by atoms with E-state index < -0.39 is 11.6 Å². The molecule has 1 fully saturated rings. The standard InChI is InChI=1S/C16H19FN2O2/c1-9-11-5-4-10(17)8-12(11)18-14(9)15(21)19-7-6-13(20)16(19,2)3/h4-5,8,13,18,20H,6-7H2,1-3H3. The number of aromatic amines is 1. The van der Waals surface area contributed by atoms with E-state index in [1.54, 1.807) is 11.0 Å². The average Bonchev–Trinajstić information content (AvgIpc) is 2.87. The molecule has 21 heavy (non-hydrogen) atoms. The first-order valence-corrected chi connectivity index (χ1v) is 7.10. The Kier molecular flexibility index (Phi) is 3.06. The van der Waals surface area contributed by atoms with Gasteiger partial charge in [-0.3, -0.25) is 4.79 Å². The number of carbonyl (C=O) groups is 1. The number of aryl methyl sites for hydroxylation is 1.